The van der Waals surface area contributed by atoms with Gasteiger partial charge in [0.1, 0.15) is 60.4 Å². The Balaban J connectivity index is 1.15. The molecule has 0 aliphatic rings. The van der Waals surface area contributed by atoms with Gasteiger partial charge in [-0.2, -0.15) is 0 Å². The molecule has 8 nitrogen and oxygen atoms in total. The van der Waals surface area contributed by atoms with Crippen LogP contribution in [-0.4, -0.2) is 42.6 Å². The molecule has 0 amide bonds. The van der Waals surface area contributed by atoms with Gasteiger partial charge >= 0.3 is 0 Å². The minimum Gasteiger partial charge on any atom is -0.495 e. The number of nitrogens with zero attached hydrogens (tertiary/aromatic N) is 1. The minimum atomic E-state index is -0.852. The van der Waals surface area contributed by atoms with Crippen LogP contribution in [0.3, 0.4) is 0 Å². The highest BCUT2D eigenvalue weighted by Crippen LogP contribution is 2.31. The zero-order valence-corrected chi connectivity index (χ0v) is 24.9. The van der Waals surface area contributed by atoms with E-state index in [1.807, 2.05) is 24.3 Å². The Morgan fingerprint density at radius 1 is 0.674 bits per heavy atom. The monoisotopic (exact) mass is 621 g/mol. The van der Waals surface area contributed by atoms with Crippen LogP contribution >= 0.6 is 23.2 Å². The molecular weight excluding hydrogens is 593 g/mol. The van der Waals surface area contributed by atoms with Crippen LogP contribution in [0.4, 0.5) is 0 Å². The van der Waals surface area contributed by atoms with Gasteiger partial charge < -0.3 is 33.6 Å². The lowest BCUT2D eigenvalue weighted by Gasteiger charge is -2.14. The van der Waals surface area contributed by atoms with E-state index in [4.69, 9.17) is 46.6 Å². The number of hydrogen-bond acceptors (Lipinski definition) is 8. The molecule has 0 spiro atoms. The first-order valence-electron chi connectivity index (χ1n) is 13.3. The molecule has 0 aliphatic carbocycles. The van der Waals surface area contributed by atoms with Crippen molar-refractivity contribution < 1.29 is 33.6 Å². The molecule has 1 heterocycles. The third-order valence-electron chi connectivity index (χ3n) is 6.69. The number of oxazole rings is 1. The Kier molecular flexibility index (Phi) is 9.74. The quantitative estimate of drug-likeness (QED) is 0.147. The maximum Gasteiger partial charge on any atom is 0.226 e. The third kappa shape index (κ3) is 7.42. The van der Waals surface area contributed by atoms with Crippen molar-refractivity contribution in [2.75, 3.05) is 27.4 Å². The lowest BCUT2D eigenvalue weighted by Crippen LogP contribution is -2.09. The highest BCUT2D eigenvalue weighted by molar-refractivity contribution is 6.32. The summed E-state index contributed by atoms with van der Waals surface area (Å²) in [5.74, 6) is 2.63. The predicted molar refractivity (Wildman–Crippen MR) is 164 cm³/mol. The molecule has 0 fully saturated rings. The van der Waals surface area contributed by atoms with E-state index in [-0.39, 0.29) is 13.2 Å². The zero-order chi connectivity index (χ0) is 30.3. The van der Waals surface area contributed by atoms with Gasteiger partial charge in [0, 0.05) is 11.1 Å². The molecule has 222 valence electrons. The number of aliphatic hydroxyl groups excluding tert-OH is 2. The van der Waals surface area contributed by atoms with E-state index in [0.717, 1.165) is 11.1 Å². The third-order valence-corrected chi connectivity index (χ3v) is 7.32. The van der Waals surface area contributed by atoms with Gasteiger partial charge in [-0.3, -0.25) is 0 Å². The Bertz CT molecular complexity index is 1530. The standard InChI is InChI=1S/C33H29Cl2NO7/c1-39-31-15-22(7-13-26(31)34)29(37)18-41-24-9-3-20(4-10-24)28-17-43-33(36-28)21-5-11-25(12-6-21)42-19-30(38)23-8-14-27(35)32(16-23)40-2/h3-17,29-30,37-38H,18-19H2,1-2H3. The Hall–Kier alpha value is -4.21. The molecule has 2 atom stereocenters. The summed E-state index contributed by atoms with van der Waals surface area (Å²) >= 11 is 12.1. The summed E-state index contributed by atoms with van der Waals surface area (Å²) in [4.78, 5) is 4.61. The first-order chi connectivity index (χ1) is 20.8. The zero-order valence-electron chi connectivity index (χ0n) is 23.4. The minimum absolute atomic E-state index is 0.0574. The number of aromatic nitrogens is 1. The maximum absolute atomic E-state index is 10.5. The lowest BCUT2D eigenvalue weighted by atomic mass is 10.1. The van der Waals surface area contributed by atoms with E-state index in [0.29, 0.717) is 55.8 Å². The number of methoxy groups -OCH3 is 2. The second kappa shape index (κ2) is 13.8. The van der Waals surface area contributed by atoms with E-state index >= 15 is 0 Å². The number of rotatable bonds is 12. The molecule has 0 aliphatic heterocycles. The molecule has 10 heteroatoms. The molecular formula is C33H29Cl2NO7. The average molecular weight is 623 g/mol. The number of aliphatic hydroxyl groups is 2. The molecule has 5 aromatic rings. The average Bonchev–Trinajstić information content (AvgIpc) is 3.54. The summed E-state index contributed by atoms with van der Waals surface area (Å²) in [6.45, 7) is 0.120. The van der Waals surface area contributed by atoms with Crippen LogP contribution in [0.25, 0.3) is 22.7 Å². The molecule has 2 unspecified atom stereocenters. The smallest absolute Gasteiger partial charge is 0.226 e. The Labute approximate surface area is 259 Å². The lowest BCUT2D eigenvalue weighted by molar-refractivity contribution is 0.108. The molecule has 5 rings (SSSR count). The summed E-state index contributed by atoms with van der Waals surface area (Å²) in [5, 5.41) is 22.0. The first-order valence-corrected chi connectivity index (χ1v) is 14.0. The van der Waals surface area contributed by atoms with Crippen molar-refractivity contribution in [3.05, 3.63) is 112 Å². The van der Waals surface area contributed by atoms with Gasteiger partial charge in [-0.05, 0) is 83.9 Å². The summed E-state index contributed by atoms with van der Waals surface area (Å²) in [6, 6.07) is 24.8. The molecule has 4 aromatic carbocycles. The SMILES string of the molecule is COc1cc(C(O)COc2ccc(-c3coc(-c4ccc(OCC(O)c5ccc(Cl)c(OC)c5)cc4)n3)cc2)ccc1Cl. The summed E-state index contributed by atoms with van der Waals surface area (Å²) in [7, 11) is 3.05. The summed E-state index contributed by atoms with van der Waals surface area (Å²) in [5.41, 5.74) is 3.56. The second-order valence-corrected chi connectivity index (χ2v) is 10.3. The molecule has 1 aromatic heterocycles. The van der Waals surface area contributed by atoms with Gasteiger partial charge in [0.2, 0.25) is 5.89 Å². The van der Waals surface area contributed by atoms with Crippen LogP contribution < -0.4 is 18.9 Å². The van der Waals surface area contributed by atoms with Crippen molar-refractivity contribution >= 4 is 23.2 Å². The fraction of sp³-hybridized carbons (Fsp3) is 0.182. The normalized spacial score (nSPS) is 12.4. The van der Waals surface area contributed by atoms with Crippen molar-refractivity contribution in [3.63, 3.8) is 0 Å². The Morgan fingerprint density at radius 3 is 1.60 bits per heavy atom. The second-order valence-electron chi connectivity index (χ2n) is 9.53. The molecule has 0 bridgehead atoms. The number of hydrogen-bond donors (Lipinski definition) is 2. The van der Waals surface area contributed by atoms with Crippen LogP contribution in [0.5, 0.6) is 23.0 Å². The highest BCUT2D eigenvalue weighted by Gasteiger charge is 2.14. The number of halogens is 2. The number of benzene rings is 4. The Morgan fingerprint density at radius 2 is 1.14 bits per heavy atom. The van der Waals surface area contributed by atoms with Crippen LogP contribution in [0.1, 0.15) is 23.3 Å². The highest BCUT2D eigenvalue weighted by atomic mass is 35.5. The van der Waals surface area contributed by atoms with Gasteiger partial charge in [-0.25, -0.2) is 4.98 Å². The van der Waals surface area contributed by atoms with Crippen LogP contribution in [0.15, 0.2) is 95.6 Å². The van der Waals surface area contributed by atoms with Crippen LogP contribution in [-0.2, 0) is 0 Å². The molecule has 2 N–H and O–H groups in total. The fourth-order valence-corrected chi connectivity index (χ4v) is 4.65. The van der Waals surface area contributed by atoms with Gasteiger partial charge in [0.25, 0.3) is 0 Å². The van der Waals surface area contributed by atoms with E-state index in [9.17, 15) is 10.2 Å². The van der Waals surface area contributed by atoms with E-state index in [1.165, 1.54) is 14.2 Å². The van der Waals surface area contributed by atoms with E-state index < -0.39 is 12.2 Å². The summed E-state index contributed by atoms with van der Waals surface area (Å²) < 4.78 is 27.7. The van der Waals surface area contributed by atoms with Gasteiger partial charge in [0.05, 0.1) is 24.3 Å². The molecule has 0 saturated carbocycles. The van der Waals surface area contributed by atoms with Crippen LogP contribution in [0.2, 0.25) is 10.0 Å². The van der Waals surface area contributed by atoms with Crippen molar-refractivity contribution in [1.82, 2.24) is 4.98 Å². The first kappa shape index (κ1) is 30.3. The molecule has 0 saturated heterocycles. The summed E-state index contributed by atoms with van der Waals surface area (Å²) in [6.07, 6.45) is -0.114. The van der Waals surface area contributed by atoms with E-state index in [2.05, 4.69) is 4.98 Å². The van der Waals surface area contributed by atoms with Crippen molar-refractivity contribution in [3.8, 4) is 45.7 Å². The van der Waals surface area contributed by atoms with Crippen molar-refractivity contribution in [2.45, 2.75) is 12.2 Å². The molecule has 0 radical (unpaired) electrons. The fourth-order valence-electron chi connectivity index (χ4n) is 4.26. The predicted octanol–water partition coefficient (Wildman–Crippen LogP) is 7.56. The maximum atomic E-state index is 10.5. The van der Waals surface area contributed by atoms with Gasteiger partial charge in [0.15, 0.2) is 0 Å². The molecule has 43 heavy (non-hydrogen) atoms. The largest absolute Gasteiger partial charge is 0.495 e. The van der Waals surface area contributed by atoms with Crippen LogP contribution in [0, 0.1) is 0 Å². The topological polar surface area (TPSA) is 103 Å². The van der Waals surface area contributed by atoms with Gasteiger partial charge in [-0.1, -0.05) is 35.3 Å². The van der Waals surface area contributed by atoms with Crippen molar-refractivity contribution in [1.29, 1.82) is 0 Å². The van der Waals surface area contributed by atoms with Gasteiger partial charge in [-0.15, -0.1) is 0 Å². The van der Waals surface area contributed by atoms with E-state index in [1.54, 1.807) is 66.9 Å². The number of ether oxygens (including phenoxy) is 4. The van der Waals surface area contributed by atoms with Crippen molar-refractivity contribution in [2.24, 2.45) is 0 Å².